The Bertz CT molecular complexity index is 1060. The molecule has 2 aliphatic rings. The molecule has 5 rings (SSSR count). The highest BCUT2D eigenvalue weighted by atomic mass is 28.3. The molecule has 0 bridgehead atoms. The van der Waals surface area contributed by atoms with Crippen molar-refractivity contribution in [2.75, 3.05) is 0 Å². The first-order valence-electron chi connectivity index (χ1n) is 9.13. The van der Waals surface area contributed by atoms with Crippen molar-refractivity contribution in [3.8, 4) is 11.1 Å². The summed E-state index contributed by atoms with van der Waals surface area (Å²) in [6.45, 7) is 5.11. The number of hydrogen-bond acceptors (Lipinski definition) is 0. The third-order valence-corrected chi connectivity index (χ3v) is 10.3. The maximum atomic E-state index is 2.56. The molecular formula is C23H23NSi. The molecule has 0 N–H and O–H groups in total. The minimum absolute atomic E-state index is 0.530. The first-order chi connectivity index (χ1) is 12.1. The molecule has 124 valence electrons. The van der Waals surface area contributed by atoms with Crippen molar-refractivity contribution in [2.24, 2.45) is 7.05 Å². The SMILES string of the molecule is Cn1c2c(c3ccccc31)-c1ccccc1C2[Si](C)(C)C1=CC=CC1. The number of para-hydroxylation sites is 1. The van der Waals surface area contributed by atoms with E-state index in [-0.39, 0.29) is 0 Å². The van der Waals surface area contributed by atoms with Crippen molar-refractivity contribution in [3.05, 3.63) is 83.2 Å². The molecule has 1 atom stereocenters. The van der Waals surface area contributed by atoms with Gasteiger partial charge in [0.1, 0.15) is 0 Å². The molecule has 2 aliphatic carbocycles. The van der Waals surface area contributed by atoms with Gasteiger partial charge in [-0.1, -0.05) is 79.0 Å². The van der Waals surface area contributed by atoms with E-state index < -0.39 is 8.07 Å². The monoisotopic (exact) mass is 341 g/mol. The first-order valence-corrected chi connectivity index (χ1v) is 12.2. The Morgan fingerprint density at radius 2 is 1.76 bits per heavy atom. The lowest BCUT2D eigenvalue weighted by Gasteiger charge is -2.33. The lowest BCUT2D eigenvalue weighted by atomic mass is 10.0. The summed E-state index contributed by atoms with van der Waals surface area (Å²) in [4.78, 5) is 0. The van der Waals surface area contributed by atoms with Crippen LogP contribution >= 0.6 is 0 Å². The molecule has 0 aliphatic heterocycles. The predicted octanol–water partition coefficient (Wildman–Crippen LogP) is 5.96. The maximum Gasteiger partial charge on any atom is 0.0900 e. The Kier molecular flexibility index (Phi) is 3.05. The van der Waals surface area contributed by atoms with Gasteiger partial charge in [0.25, 0.3) is 0 Å². The molecule has 2 heteroatoms. The van der Waals surface area contributed by atoms with E-state index in [0.717, 1.165) is 6.42 Å². The number of aryl methyl sites for hydroxylation is 1. The van der Waals surface area contributed by atoms with Crippen molar-refractivity contribution in [2.45, 2.75) is 25.1 Å². The molecule has 1 nitrogen and oxygen atoms in total. The van der Waals surface area contributed by atoms with Gasteiger partial charge in [-0.15, -0.1) is 0 Å². The molecular weight excluding hydrogens is 318 g/mol. The van der Waals surface area contributed by atoms with Crippen LogP contribution in [0.1, 0.15) is 23.2 Å². The summed E-state index contributed by atoms with van der Waals surface area (Å²) in [5.41, 5.74) is 7.89. The standard InChI is InChI=1S/C23H23NSi/c1-24-20-15-9-8-14-19(20)21-17-12-6-7-13-18(17)23(22(21)24)25(2,3)16-10-4-5-11-16/h4-10,12-15,23H,11H2,1-3H3. The first kappa shape index (κ1) is 15.0. The summed E-state index contributed by atoms with van der Waals surface area (Å²) >= 11 is 0. The van der Waals surface area contributed by atoms with Gasteiger partial charge in [-0.2, -0.15) is 0 Å². The largest absolute Gasteiger partial charge is 0.347 e. The predicted molar refractivity (Wildman–Crippen MR) is 110 cm³/mol. The zero-order valence-electron chi connectivity index (χ0n) is 15.1. The normalized spacial score (nSPS) is 18.5. The minimum atomic E-state index is -1.66. The van der Waals surface area contributed by atoms with Crippen LogP contribution in [0.5, 0.6) is 0 Å². The van der Waals surface area contributed by atoms with Crippen LogP contribution in [0.3, 0.4) is 0 Å². The number of aromatic nitrogens is 1. The molecule has 0 saturated heterocycles. The average Bonchev–Trinajstić information content (AvgIpc) is 3.32. The number of allylic oxidation sites excluding steroid dienone is 4. The number of hydrogen-bond donors (Lipinski definition) is 0. The topological polar surface area (TPSA) is 4.93 Å². The molecule has 25 heavy (non-hydrogen) atoms. The van der Waals surface area contributed by atoms with Gasteiger partial charge in [-0.3, -0.25) is 0 Å². The maximum absolute atomic E-state index is 2.56. The molecule has 0 fully saturated rings. The second kappa shape index (κ2) is 5.09. The van der Waals surface area contributed by atoms with Crippen LogP contribution in [0.25, 0.3) is 22.0 Å². The number of rotatable bonds is 2. The highest BCUT2D eigenvalue weighted by molar-refractivity contribution is 6.86. The van der Waals surface area contributed by atoms with Gasteiger partial charge in [-0.25, -0.2) is 0 Å². The van der Waals surface area contributed by atoms with Crippen LogP contribution in [-0.2, 0) is 7.05 Å². The van der Waals surface area contributed by atoms with Crippen LogP contribution in [0.15, 0.2) is 72.0 Å². The van der Waals surface area contributed by atoms with Crippen LogP contribution in [0.4, 0.5) is 0 Å². The van der Waals surface area contributed by atoms with Gasteiger partial charge in [-0.05, 0) is 23.6 Å². The Labute approximate surface area is 150 Å². The van der Waals surface area contributed by atoms with E-state index in [1.54, 1.807) is 10.8 Å². The zero-order valence-corrected chi connectivity index (χ0v) is 16.1. The Balaban J connectivity index is 1.85. The highest BCUT2D eigenvalue weighted by Crippen LogP contribution is 2.54. The van der Waals surface area contributed by atoms with E-state index in [4.69, 9.17) is 0 Å². The lowest BCUT2D eigenvalue weighted by molar-refractivity contribution is 0.866. The number of benzene rings is 2. The second-order valence-corrected chi connectivity index (χ2v) is 12.6. The Morgan fingerprint density at radius 1 is 1.00 bits per heavy atom. The molecule has 0 saturated carbocycles. The fraction of sp³-hybridized carbons (Fsp3) is 0.217. The summed E-state index contributed by atoms with van der Waals surface area (Å²) in [6, 6.07) is 18.0. The lowest BCUT2D eigenvalue weighted by Crippen LogP contribution is -2.38. The molecule has 1 heterocycles. The van der Waals surface area contributed by atoms with Gasteiger partial charge in [0.15, 0.2) is 0 Å². The van der Waals surface area contributed by atoms with Crippen LogP contribution in [-0.4, -0.2) is 12.6 Å². The fourth-order valence-electron chi connectivity index (χ4n) is 5.00. The average molecular weight is 342 g/mol. The van der Waals surface area contributed by atoms with E-state index in [1.807, 2.05) is 0 Å². The zero-order chi connectivity index (χ0) is 17.2. The number of nitrogens with zero attached hydrogens (tertiary/aromatic N) is 1. The molecule has 1 unspecified atom stereocenters. The van der Waals surface area contributed by atoms with Gasteiger partial charge in [0.05, 0.1) is 8.07 Å². The van der Waals surface area contributed by atoms with Crippen molar-refractivity contribution in [1.82, 2.24) is 4.57 Å². The Morgan fingerprint density at radius 3 is 2.56 bits per heavy atom. The van der Waals surface area contributed by atoms with E-state index in [0.29, 0.717) is 5.54 Å². The second-order valence-electron chi connectivity index (χ2n) is 7.90. The highest BCUT2D eigenvalue weighted by Gasteiger charge is 2.45. The molecule has 0 spiro atoms. The summed E-state index contributed by atoms with van der Waals surface area (Å²) in [5, 5.41) is 3.07. The van der Waals surface area contributed by atoms with Crippen LogP contribution < -0.4 is 0 Å². The van der Waals surface area contributed by atoms with Gasteiger partial charge in [0, 0.05) is 34.7 Å². The quantitative estimate of drug-likeness (QED) is 0.507. The summed E-state index contributed by atoms with van der Waals surface area (Å²) in [7, 11) is 0.600. The molecule has 0 amide bonds. The van der Waals surface area contributed by atoms with E-state index in [2.05, 4.69) is 91.5 Å². The Hall–Kier alpha value is -2.32. The van der Waals surface area contributed by atoms with Crippen molar-refractivity contribution in [1.29, 1.82) is 0 Å². The smallest absolute Gasteiger partial charge is 0.0900 e. The van der Waals surface area contributed by atoms with Gasteiger partial charge < -0.3 is 4.57 Å². The van der Waals surface area contributed by atoms with Crippen LogP contribution in [0.2, 0.25) is 13.1 Å². The molecule has 1 aromatic heterocycles. The minimum Gasteiger partial charge on any atom is -0.347 e. The van der Waals surface area contributed by atoms with Gasteiger partial charge >= 0.3 is 0 Å². The van der Waals surface area contributed by atoms with Gasteiger partial charge in [0.2, 0.25) is 0 Å². The van der Waals surface area contributed by atoms with Crippen molar-refractivity contribution < 1.29 is 0 Å². The van der Waals surface area contributed by atoms with E-state index in [1.165, 1.54) is 27.7 Å². The van der Waals surface area contributed by atoms with Crippen molar-refractivity contribution in [3.63, 3.8) is 0 Å². The number of fused-ring (bicyclic) bond motifs is 5. The van der Waals surface area contributed by atoms with Crippen molar-refractivity contribution >= 4 is 19.0 Å². The van der Waals surface area contributed by atoms with E-state index in [9.17, 15) is 0 Å². The summed E-state index contributed by atoms with van der Waals surface area (Å²) < 4.78 is 2.47. The fourth-order valence-corrected chi connectivity index (χ4v) is 8.59. The summed E-state index contributed by atoms with van der Waals surface area (Å²) in [5.74, 6) is 0. The van der Waals surface area contributed by atoms with E-state index >= 15 is 0 Å². The molecule has 2 aromatic carbocycles. The molecule has 0 radical (unpaired) electrons. The summed E-state index contributed by atoms with van der Waals surface area (Å²) in [6.07, 6.45) is 8.08. The third-order valence-electron chi connectivity index (χ3n) is 6.29. The van der Waals surface area contributed by atoms with Crippen LogP contribution in [0, 0.1) is 0 Å². The third kappa shape index (κ3) is 1.89. The molecule has 3 aromatic rings.